The summed E-state index contributed by atoms with van der Waals surface area (Å²) >= 11 is 0. The molecule has 2 aromatic rings. The maximum atomic E-state index is 12.8. The third kappa shape index (κ3) is 4.01. The predicted octanol–water partition coefficient (Wildman–Crippen LogP) is 3.81. The van der Waals surface area contributed by atoms with Crippen LogP contribution in [-0.4, -0.2) is 15.0 Å². The number of hydrogen-bond acceptors (Lipinski definition) is 6. The second-order valence-corrected chi connectivity index (χ2v) is 4.76. The van der Waals surface area contributed by atoms with Gasteiger partial charge < -0.3 is 9.84 Å². The van der Waals surface area contributed by atoms with E-state index in [2.05, 4.69) is 0 Å². The molecule has 0 spiro atoms. The zero-order valence-electron chi connectivity index (χ0n) is 12.2. The van der Waals surface area contributed by atoms with Crippen molar-refractivity contribution < 1.29 is 32.9 Å². The van der Waals surface area contributed by atoms with Crippen molar-refractivity contribution in [3.8, 4) is 11.5 Å². The molecule has 0 radical (unpaired) electrons. The SMILES string of the molecule is O=[N+]([O-])c1cc(C(F)(F)F)cc([N+](=O)[O-])c1Oc1ccc(CO)cc1. The van der Waals surface area contributed by atoms with E-state index in [0.29, 0.717) is 5.56 Å². The molecule has 0 bridgehead atoms. The highest BCUT2D eigenvalue weighted by Crippen LogP contribution is 2.44. The van der Waals surface area contributed by atoms with Gasteiger partial charge in [0, 0.05) is 12.1 Å². The van der Waals surface area contributed by atoms with Gasteiger partial charge in [-0.2, -0.15) is 13.2 Å². The Balaban J connectivity index is 2.61. The van der Waals surface area contributed by atoms with Gasteiger partial charge in [-0.25, -0.2) is 0 Å². The zero-order valence-corrected chi connectivity index (χ0v) is 12.2. The van der Waals surface area contributed by atoms with E-state index in [1.165, 1.54) is 24.3 Å². The largest absolute Gasteiger partial charge is 0.444 e. The normalized spacial score (nSPS) is 11.2. The van der Waals surface area contributed by atoms with E-state index in [-0.39, 0.29) is 24.5 Å². The van der Waals surface area contributed by atoms with Crippen molar-refractivity contribution in [2.45, 2.75) is 12.8 Å². The van der Waals surface area contributed by atoms with Crippen LogP contribution in [0.3, 0.4) is 0 Å². The lowest BCUT2D eigenvalue weighted by Crippen LogP contribution is -2.08. The van der Waals surface area contributed by atoms with Crippen LogP contribution in [0.4, 0.5) is 24.5 Å². The Morgan fingerprint density at radius 3 is 1.84 bits per heavy atom. The van der Waals surface area contributed by atoms with E-state index in [1.54, 1.807) is 0 Å². The molecule has 2 rings (SSSR count). The molecule has 0 fully saturated rings. The molecule has 8 nitrogen and oxygen atoms in total. The monoisotopic (exact) mass is 358 g/mol. The Morgan fingerprint density at radius 2 is 1.48 bits per heavy atom. The standard InChI is InChI=1S/C14H9F3N2O6/c15-14(16,17)9-5-11(18(21)22)13(12(6-9)19(23)24)25-10-3-1-8(7-20)2-4-10/h1-6,20H,7H2. The molecule has 0 saturated heterocycles. The topological polar surface area (TPSA) is 116 Å². The van der Waals surface area contributed by atoms with Gasteiger partial charge in [0.25, 0.3) is 5.75 Å². The average molecular weight is 358 g/mol. The lowest BCUT2D eigenvalue weighted by Gasteiger charge is -2.11. The number of nitro benzene ring substituents is 2. The first-order chi connectivity index (χ1) is 11.6. The van der Waals surface area contributed by atoms with Gasteiger partial charge in [-0.3, -0.25) is 20.2 Å². The lowest BCUT2D eigenvalue weighted by molar-refractivity contribution is -0.396. The summed E-state index contributed by atoms with van der Waals surface area (Å²) in [5, 5.41) is 31.1. The molecule has 1 N–H and O–H groups in total. The van der Waals surface area contributed by atoms with Gasteiger partial charge in [0.05, 0.1) is 22.0 Å². The molecule has 11 heteroatoms. The van der Waals surface area contributed by atoms with Gasteiger partial charge in [0.1, 0.15) is 5.75 Å². The summed E-state index contributed by atoms with van der Waals surface area (Å²) in [5.41, 5.74) is -3.43. The van der Waals surface area contributed by atoms with Gasteiger partial charge in [-0.05, 0) is 17.7 Å². The molecule has 0 aliphatic carbocycles. The summed E-state index contributed by atoms with van der Waals surface area (Å²) < 4.78 is 43.5. The van der Waals surface area contributed by atoms with Crippen LogP contribution in [0.25, 0.3) is 0 Å². The van der Waals surface area contributed by atoms with Crippen LogP contribution < -0.4 is 4.74 Å². The van der Waals surface area contributed by atoms with E-state index < -0.39 is 38.7 Å². The number of aliphatic hydroxyl groups excluding tert-OH is 1. The van der Waals surface area contributed by atoms with Gasteiger partial charge in [-0.1, -0.05) is 12.1 Å². The quantitative estimate of drug-likeness (QED) is 0.642. The number of benzene rings is 2. The Bertz CT molecular complexity index is 785. The van der Waals surface area contributed by atoms with Gasteiger partial charge in [0.2, 0.25) is 0 Å². The molecule has 0 amide bonds. The number of nitro groups is 2. The number of nitrogens with zero attached hydrogens (tertiary/aromatic N) is 2. The smallest absolute Gasteiger partial charge is 0.416 e. The summed E-state index contributed by atoms with van der Waals surface area (Å²) in [6.07, 6.45) is -5.00. The number of alkyl halides is 3. The molecular formula is C14H9F3N2O6. The van der Waals surface area contributed by atoms with Crippen molar-refractivity contribution >= 4 is 11.4 Å². The molecule has 132 valence electrons. The fraction of sp³-hybridized carbons (Fsp3) is 0.143. The first-order valence-electron chi connectivity index (χ1n) is 6.55. The highest BCUT2D eigenvalue weighted by molar-refractivity contribution is 5.63. The van der Waals surface area contributed by atoms with Crippen LogP contribution in [-0.2, 0) is 12.8 Å². The van der Waals surface area contributed by atoms with E-state index >= 15 is 0 Å². The number of ether oxygens (including phenoxy) is 1. The average Bonchev–Trinajstić information content (AvgIpc) is 2.54. The fourth-order valence-electron chi connectivity index (χ4n) is 1.92. The minimum atomic E-state index is -5.00. The third-order valence-electron chi connectivity index (χ3n) is 3.10. The summed E-state index contributed by atoms with van der Waals surface area (Å²) in [4.78, 5) is 19.7. The van der Waals surface area contributed by atoms with Crippen molar-refractivity contribution in [1.29, 1.82) is 0 Å². The Hall–Kier alpha value is -3.21. The molecule has 0 aliphatic rings. The minimum Gasteiger partial charge on any atom is -0.444 e. The summed E-state index contributed by atoms with van der Waals surface area (Å²) in [5.74, 6) is -0.997. The summed E-state index contributed by atoms with van der Waals surface area (Å²) in [7, 11) is 0. The zero-order chi connectivity index (χ0) is 18.8. The van der Waals surface area contributed by atoms with Crippen molar-refractivity contribution in [3.63, 3.8) is 0 Å². The van der Waals surface area contributed by atoms with Gasteiger partial charge in [0.15, 0.2) is 0 Å². The lowest BCUT2D eigenvalue weighted by atomic mass is 10.1. The van der Waals surface area contributed by atoms with Crippen molar-refractivity contribution in [1.82, 2.24) is 0 Å². The van der Waals surface area contributed by atoms with Crippen molar-refractivity contribution in [2.75, 3.05) is 0 Å². The fourth-order valence-corrected chi connectivity index (χ4v) is 1.92. The molecule has 0 unspecified atom stereocenters. The molecule has 25 heavy (non-hydrogen) atoms. The number of aliphatic hydroxyl groups is 1. The third-order valence-corrected chi connectivity index (χ3v) is 3.10. The molecule has 2 aromatic carbocycles. The Kier molecular flexibility index (Phi) is 4.88. The van der Waals surface area contributed by atoms with Crippen LogP contribution in [0.15, 0.2) is 36.4 Å². The highest BCUT2D eigenvalue weighted by Gasteiger charge is 2.38. The summed E-state index contributed by atoms with van der Waals surface area (Å²) in [6.45, 7) is -0.291. The van der Waals surface area contributed by atoms with Crippen molar-refractivity contribution in [3.05, 3.63) is 67.8 Å². The number of hydrogen-bond donors (Lipinski definition) is 1. The summed E-state index contributed by atoms with van der Waals surface area (Å²) in [6, 6.07) is 5.64. The maximum absolute atomic E-state index is 12.8. The van der Waals surface area contributed by atoms with Crippen LogP contribution in [0.1, 0.15) is 11.1 Å². The Labute approximate surface area is 137 Å². The first kappa shape index (κ1) is 18.1. The van der Waals surface area contributed by atoms with E-state index in [0.717, 1.165) is 0 Å². The van der Waals surface area contributed by atoms with Gasteiger partial charge in [-0.15, -0.1) is 0 Å². The van der Waals surface area contributed by atoms with Crippen LogP contribution in [0.5, 0.6) is 11.5 Å². The number of rotatable bonds is 5. The van der Waals surface area contributed by atoms with E-state index in [1.807, 2.05) is 0 Å². The number of halogens is 3. The maximum Gasteiger partial charge on any atom is 0.416 e. The molecule has 0 aliphatic heterocycles. The van der Waals surface area contributed by atoms with Crippen LogP contribution in [0, 0.1) is 20.2 Å². The molecule has 0 aromatic heterocycles. The Morgan fingerprint density at radius 1 is 1.00 bits per heavy atom. The molecule has 0 atom stereocenters. The molecule has 0 heterocycles. The van der Waals surface area contributed by atoms with Crippen LogP contribution >= 0.6 is 0 Å². The highest BCUT2D eigenvalue weighted by atomic mass is 19.4. The second-order valence-electron chi connectivity index (χ2n) is 4.76. The van der Waals surface area contributed by atoms with E-state index in [4.69, 9.17) is 9.84 Å². The van der Waals surface area contributed by atoms with Crippen molar-refractivity contribution in [2.24, 2.45) is 0 Å². The molecular weight excluding hydrogens is 349 g/mol. The minimum absolute atomic E-state index is 0.0804. The molecule has 0 saturated carbocycles. The van der Waals surface area contributed by atoms with Crippen LogP contribution in [0.2, 0.25) is 0 Å². The second kappa shape index (κ2) is 6.73. The first-order valence-corrected chi connectivity index (χ1v) is 6.55. The van der Waals surface area contributed by atoms with Gasteiger partial charge >= 0.3 is 17.6 Å². The van der Waals surface area contributed by atoms with E-state index in [9.17, 15) is 33.4 Å². The predicted molar refractivity (Wildman–Crippen MR) is 77.2 cm³/mol.